The molecule has 2 aliphatic rings. The van der Waals surface area contributed by atoms with Crippen molar-refractivity contribution in [1.82, 2.24) is 0 Å². The smallest absolute Gasteiger partial charge is 0.251 e. The third kappa shape index (κ3) is 3.36. The summed E-state index contributed by atoms with van der Waals surface area (Å²) >= 11 is 0. The summed E-state index contributed by atoms with van der Waals surface area (Å²) in [6.07, 6.45) is -0.0988. The van der Waals surface area contributed by atoms with Gasteiger partial charge in [0, 0.05) is 0 Å². The highest BCUT2D eigenvalue weighted by atomic mass is 19.4. The Bertz CT molecular complexity index is 482. The van der Waals surface area contributed by atoms with Gasteiger partial charge >= 0.3 is 6.18 Å². The Hall–Kier alpha value is -1.20. The molecule has 1 fully saturated rings. The van der Waals surface area contributed by atoms with E-state index in [4.69, 9.17) is 0 Å². The molecule has 23 heavy (non-hydrogen) atoms. The lowest BCUT2D eigenvalue weighted by Gasteiger charge is -2.45. The molecule has 130 valence electrons. The van der Waals surface area contributed by atoms with Gasteiger partial charge < -0.3 is 0 Å². The lowest BCUT2D eigenvalue weighted by atomic mass is 9.62. The monoisotopic (exact) mass is 338 g/mol. The number of alkyl halides is 5. The van der Waals surface area contributed by atoms with E-state index < -0.39 is 36.2 Å². The van der Waals surface area contributed by atoms with Crippen LogP contribution in [0.3, 0.4) is 0 Å². The maximum Gasteiger partial charge on any atom is 0.404 e. The standard InChI is InChI=1S/C17H20F6/c18-11-2-1-4-12-7-9-13(10-8-12)16(17(21,22)23)14(19)5-3-6-15(16)20/h1,3-6,12-14H,2,7-11H2. The van der Waals surface area contributed by atoms with Crippen molar-refractivity contribution in [1.29, 1.82) is 0 Å². The summed E-state index contributed by atoms with van der Waals surface area (Å²) in [7, 11) is 0. The first kappa shape index (κ1) is 18.1. The molecule has 2 unspecified atom stereocenters. The number of halogens is 6. The number of hydrogen-bond donors (Lipinski definition) is 0. The average Bonchev–Trinajstić information content (AvgIpc) is 2.48. The topological polar surface area (TPSA) is 0 Å². The van der Waals surface area contributed by atoms with E-state index in [0.29, 0.717) is 12.8 Å². The van der Waals surface area contributed by atoms with Crippen LogP contribution in [-0.2, 0) is 0 Å². The van der Waals surface area contributed by atoms with E-state index in [2.05, 4.69) is 0 Å². The molecule has 0 amide bonds. The van der Waals surface area contributed by atoms with Crippen molar-refractivity contribution in [2.24, 2.45) is 17.3 Å². The molecule has 0 aromatic carbocycles. The molecule has 0 spiro atoms. The minimum atomic E-state index is -4.99. The number of allylic oxidation sites excluding steroid dienone is 6. The van der Waals surface area contributed by atoms with Gasteiger partial charge in [-0.3, -0.25) is 4.39 Å². The Morgan fingerprint density at radius 3 is 2.35 bits per heavy atom. The van der Waals surface area contributed by atoms with E-state index in [1.165, 1.54) is 0 Å². The van der Waals surface area contributed by atoms with Crippen molar-refractivity contribution in [3.8, 4) is 0 Å². The van der Waals surface area contributed by atoms with E-state index in [1.807, 2.05) is 0 Å². The minimum absolute atomic E-state index is 0.0484. The van der Waals surface area contributed by atoms with Crippen LogP contribution >= 0.6 is 0 Å². The summed E-state index contributed by atoms with van der Waals surface area (Å²) in [5.74, 6) is -2.51. The fourth-order valence-electron chi connectivity index (χ4n) is 3.72. The first-order valence-electron chi connectivity index (χ1n) is 7.82. The molecule has 0 aliphatic heterocycles. The normalized spacial score (nSPS) is 35.6. The van der Waals surface area contributed by atoms with Crippen LogP contribution in [0.25, 0.3) is 0 Å². The maximum atomic E-state index is 14.2. The molecule has 0 aromatic rings. The first-order chi connectivity index (χ1) is 10.8. The molecule has 0 bridgehead atoms. The zero-order valence-corrected chi connectivity index (χ0v) is 12.6. The van der Waals surface area contributed by atoms with Crippen molar-refractivity contribution < 1.29 is 26.3 Å². The van der Waals surface area contributed by atoms with E-state index in [9.17, 15) is 26.3 Å². The van der Waals surface area contributed by atoms with Crippen molar-refractivity contribution in [2.45, 2.75) is 44.5 Å². The van der Waals surface area contributed by atoms with Crippen molar-refractivity contribution in [3.05, 3.63) is 36.2 Å². The predicted octanol–water partition coefficient (Wildman–Crippen LogP) is 6.02. The van der Waals surface area contributed by atoms with Gasteiger partial charge in [0.25, 0.3) is 0 Å². The molecular formula is C17H20F6. The van der Waals surface area contributed by atoms with Gasteiger partial charge in [-0.05, 0) is 56.1 Å². The molecule has 6 heteroatoms. The van der Waals surface area contributed by atoms with Crippen LogP contribution in [0.5, 0.6) is 0 Å². The third-order valence-electron chi connectivity index (χ3n) is 4.92. The second-order valence-electron chi connectivity index (χ2n) is 6.19. The van der Waals surface area contributed by atoms with Crippen LogP contribution in [0.1, 0.15) is 32.1 Å². The number of rotatable bonds is 4. The molecule has 0 heterocycles. The largest absolute Gasteiger partial charge is 0.404 e. The highest BCUT2D eigenvalue weighted by molar-refractivity contribution is 5.29. The van der Waals surface area contributed by atoms with Gasteiger partial charge in [0.15, 0.2) is 5.41 Å². The Morgan fingerprint density at radius 1 is 1.17 bits per heavy atom. The van der Waals surface area contributed by atoms with Crippen LogP contribution in [0.15, 0.2) is 36.2 Å². The molecule has 0 nitrogen and oxygen atoms in total. The molecule has 0 radical (unpaired) electrons. The lowest BCUT2D eigenvalue weighted by molar-refractivity contribution is -0.253. The summed E-state index contributed by atoms with van der Waals surface area (Å²) in [4.78, 5) is 0. The molecule has 1 saturated carbocycles. The van der Waals surface area contributed by atoms with Gasteiger partial charge in [0.1, 0.15) is 12.0 Å². The SMILES string of the molecule is FCCC=CC1CCC(C2(C(F)(F)F)C(F)=CC=CC2F)CC1. The Balaban J connectivity index is 2.18. The molecule has 2 aliphatic carbocycles. The fourth-order valence-corrected chi connectivity index (χ4v) is 3.72. The Labute approximate surface area is 131 Å². The van der Waals surface area contributed by atoms with E-state index >= 15 is 0 Å². The summed E-state index contributed by atoms with van der Waals surface area (Å²) in [6.45, 7) is -0.477. The molecule has 2 atom stereocenters. The van der Waals surface area contributed by atoms with Gasteiger partial charge in [-0.15, -0.1) is 0 Å². The predicted molar refractivity (Wildman–Crippen MR) is 76.9 cm³/mol. The van der Waals surface area contributed by atoms with Gasteiger partial charge in [0.2, 0.25) is 0 Å². The van der Waals surface area contributed by atoms with Gasteiger partial charge in [-0.2, -0.15) is 13.2 Å². The summed E-state index contributed by atoms with van der Waals surface area (Å²) < 4.78 is 81.3. The molecule has 0 saturated heterocycles. The van der Waals surface area contributed by atoms with E-state index in [1.54, 1.807) is 12.2 Å². The van der Waals surface area contributed by atoms with Crippen LogP contribution in [-0.4, -0.2) is 19.0 Å². The zero-order valence-electron chi connectivity index (χ0n) is 12.6. The van der Waals surface area contributed by atoms with Crippen molar-refractivity contribution >= 4 is 0 Å². The minimum Gasteiger partial charge on any atom is -0.251 e. The highest BCUT2D eigenvalue weighted by Gasteiger charge is 2.67. The highest BCUT2D eigenvalue weighted by Crippen LogP contribution is 2.59. The fraction of sp³-hybridized carbons (Fsp3) is 0.647. The number of hydrogen-bond acceptors (Lipinski definition) is 0. The van der Waals surface area contributed by atoms with Crippen LogP contribution in [0.4, 0.5) is 26.3 Å². The Kier molecular flexibility index (Phi) is 5.63. The van der Waals surface area contributed by atoms with Crippen LogP contribution in [0.2, 0.25) is 0 Å². The lowest BCUT2D eigenvalue weighted by Crippen LogP contribution is -2.53. The molecule has 0 N–H and O–H groups in total. The second-order valence-corrected chi connectivity index (χ2v) is 6.19. The maximum absolute atomic E-state index is 14.2. The summed E-state index contributed by atoms with van der Waals surface area (Å²) in [5.41, 5.74) is -3.06. The van der Waals surface area contributed by atoms with Crippen molar-refractivity contribution in [3.63, 3.8) is 0 Å². The second kappa shape index (κ2) is 7.14. The first-order valence-corrected chi connectivity index (χ1v) is 7.82. The molecular weight excluding hydrogens is 318 g/mol. The van der Waals surface area contributed by atoms with Gasteiger partial charge in [0.05, 0.1) is 6.67 Å². The van der Waals surface area contributed by atoms with Gasteiger partial charge in [-0.25, -0.2) is 8.78 Å². The third-order valence-corrected chi connectivity index (χ3v) is 4.92. The van der Waals surface area contributed by atoms with E-state index in [-0.39, 0.29) is 25.2 Å². The van der Waals surface area contributed by atoms with Crippen LogP contribution in [0, 0.1) is 17.3 Å². The van der Waals surface area contributed by atoms with Crippen molar-refractivity contribution in [2.75, 3.05) is 6.67 Å². The van der Waals surface area contributed by atoms with Gasteiger partial charge in [-0.1, -0.05) is 18.2 Å². The Morgan fingerprint density at radius 2 is 1.83 bits per heavy atom. The summed E-state index contributed by atoms with van der Waals surface area (Å²) in [6, 6.07) is 0. The molecule has 2 rings (SSSR count). The quantitative estimate of drug-likeness (QED) is 0.434. The zero-order chi connectivity index (χ0) is 17.1. The average molecular weight is 338 g/mol. The van der Waals surface area contributed by atoms with E-state index in [0.717, 1.165) is 18.2 Å². The summed E-state index contributed by atoms with van der Waals surface area (Å²) in [5, 5.41) is 0. The molecule has 0 aromatic heterocycles. The van der Waals surface area contributed by atoms with Crippen LogP contribution < -0.4 is 0 Å².